The van der Waals surface area contributed by atoms with Crippen molar-refractivity contribution in [2.24, 2.45) is 0 Å². The maximum atomic E-state index is 12.2. The van der Waals surface area contributed by atoms with Gasteiger partial charge in [0.2, 0.25) is 0 Å². The Balaban J connectivity index is 2.21. The molecule has 0 amide bonds. The lowest BCUT2D eigenvalue weighted by atomic mass is 10.0. The van der Waals surface area contributed by atoms with Gasteiger partial charge in [0.15, 0.2) is 5.78 Å². The van der Waals surface area contributed by atoms with E-state index < -0.39 is 0 Å². The zero-order valence-corrected chi connectivity index (χ0v) is 13.8. The number of Topliss-reactive ketones (excluding diaryl/α,β-unsaturated/α-hetero) is 1. The van der Waals surface area contributed by atoms with Crippen LogP contribution < -0.4 is 0 Å². The number of halogens is 3. The summed E-state index contributed by atoms with van der Waals surface area (Å²) in [4.78, 5) is 12.2. The second-order valence-corrected chi connectivity index (χ2v) is 6.36. The molecule has 0 atom stereocenters. The average molecular weight is 435 g/mol. The highest BCUT2D eigenvalue weighted by atomic mass is 127. The Hall–Kier alpha value is -0.390. The predicted molar refractivity (Wildman–Crippen MR) is 86.3 cm³/mol. The molecule has 2 aromatic rings. The van der Waals surface area contributed by atoms with Crippen LogP contribution >= 0.6 is 50.1 Å². The summed E-state index contributed by atoms with van der Waals surface area (Å²) in [6.45, 7) is 0. The summed E-state index contributed by atoms with van der Waals surface area (Å²) < 4.78 is 1.94. The third-order valence-electron chi connectivity index (χ3n) is 2.51. The molecule has 0 saturated carbocycles. The van der Waals surface area contributed by atoms with E-state index in [1.807, 2.05) is 30.3 Å². The number of hydrogen-bond donors (Lipinski definition) is 0. The molecule has 2 rings (SSSR count). The summed E-state index contributed by atoms with van der Waals surface area (Å²) >= 11 is 11.5. The van der Waals surface area contributed by atoms with Crippen LogP contribution in [0, 0.1) is 3.57 Å². The van der Waals surface area contributed by atoms with Crippen molar-refractivity contribution in [3.8, 4) is 0 Å². The van der Waals surface area contributed by atoms with Crippen LogP contribution in [-0.4, -0.2) is 5.78 Å². The number of hydrogen-bond acceptors (Lipinski definition) is 1. The fourth-order valence-electron chi connectivity index (χ4n) is 1.59. The Bertz CT molecular complexity index is 581. The molecule has 0 N–H and O–H groups in total. The molecular formula is C14H9BrClIO. The van der Waals surface area contributed by atoms with Gasteiger partial charge in [0.1, 0.15) is 0 Å². The van der Waals surface area contributed by atoms with Gasteiger partial charge in [-0.15, -0.1) is 0 Å². The SMILES string of the molecule is O=C(Cc1ccc(Br)cc1)c1cc(Cl)ccc1I. The van der Waals surface area contributed by atoms with Crippen LogP contribution in [0.5, 0.6) is 0 Å². The van der Waals surface area contributed by atoms with E-state index in [1.165, 1.54) is 0 Å². The molecule has 0 saturated heterocycles. The average Bonchev–Trinajstić information content (AvgIpc) is 2.35. The van der Waals surface area contributed by atoms with Gasteiger partial charge >= 0.3 is 0 Å². The standard InChI is InChI=1S/C14H9BrClIO/c15-10-3-1-9(2-4-10)7-14(18)12-8-11(16)5-6-13(12)17/h1-6,8H,7H2. The quantitative estimate of drug-likeness (QED) is 0.482. The predicted octanol–water partition coefficient (Wildman–Crippen LogP) is 5.13. The second-order valence-electron chi connectivity index (χ2n) is 3.85. The Morgan fingerprint density at radius 1 is 1.17 bits per heavy atom. The van der Waals surface area contributed by atoms with Gasteiger partial charge in [0.05, 0.1) is 0 Å². The molecule has 0 aliphatic carbocycles. The Kier molecular flexibility index (Phi) is 4.81. The van der Waals surface area contributed by atoms with Crippen molar-refractivity contribution in [3.05, 3.63) is 66.7 Å². The summed E-state index contributed by atoms with van der Waals surface area (Å²) in [6.07, 6.45) is 0.392. The zero-order chi connectivity index (χ0) is 13.1. The number of ketones is 1. The molecular weight excluding hydrogens is 426 g/mol. The van der Waals surface area contributed by atoms with Gasteiger partial charge in [-0.25, -0.2) is 0 Å². The molecule has 2 aromatic carbocycles. The third-order valence-corrected chi connectivity index (χ3v) is 4.21. The molecule has 0 aromatic heterocycles. The lowest BCUT2D eigenvalue weighted by Crippen LogP contribution is -2.05. The minimum Gasteiger partial charge on any atom is -0.294 e. The molecule has 18 heavy (non-hydrogen) atoms. The van der Waals surface area contributed by atoms with E-state index in [1.54, 1.807) is 12.1 Å². The molecule has 0 spiro atoms. The fourth-order valence-corrected chi connectivity index (χ4v) is 2.67. The topological polar surface area (TPSA) is 17.1 Å². The van der Waals surface area contributed by atoms with E-state index >= 15 is 0 Å². The normalized spacial score (nSPS) is 10.4. The van der Waals surface area contributed by atoms with Crippen molar-refractivity contribution in [3.63, 3.8) is 0 Å². The van der Waals surface area contributed by atoms with Crippen molar-refractivity contribution in [2.45, 2.75) is 6.42 Å². The minimum absolute atomic E-state index is 0.0872. The highest BCUT2D eigenvalue weighted by Crippen LogP contribution is 2.20. The Labute approximate surface area is 133 Å². The van der Waals surface area contributed by atoms with E-state index in [2.05, 4.69) is 38.5 Å². The van der Waals surface area contributed by atoms with E-state index in [-0.39, 0.29) is 5.78 Å². The lowest BCUT2D eigenvalue weighted by Gasteiger charge is -2.05. The van der Waals surface area contributed by atoms with Crippen molar-refractivity contribution < 1.29 is 4.79 Å². The summed E-state index contributed by atoms with van der Waals surface area (Å²) in [5, 5.41) is 0.592. The van der Waals surface area contributed by atoms with Crippen LogP contribution in [0.25, 0.3) is 0 Å². The van der Waals surface area contributed by atoms with Crippen LogP contribution in [0.1, 0.15) is 15.9 Å². The van der Waals surface area contributed by atoms with Gasteiger partial charge < -0.3 is 0 Å². The van der Waals surface area contributed by atoms with E-state index in [9.17, 15) is 4.79 Å². The van der Waals surface area contributed by atoms with Gasteiger partial charge in [0, 0.05) is 25.0 Å². The first-order valence-electron chi connectivity index (χ1n) is 5.29. The Morgan fingerprint density at radius 2 is 1.83 bits per heavy atom. The van der Waals surface area contributed by atoms with Crippen LogP contribution in [-0.2, 0) is 6.42 Å². The van der Waals surface area contributed by atoms with E-state index in [0.717, 1.165) is 13.6 Å². The van der Waals surface area contributed by atoms with Gasteiger partial charge in [-0.05, 0) is 58.5 Å². The van der Waals surface area contributed by atoms with Crippen LogP contribution in [0.2, 0.25) is 5.02 Å². The van der Waals surface area contributed by atoms with Crippen molar-refractivity contribution in [1.29, 1.82) is 0 Å². The van der Waals surface area contributed by atoms with E-state index in [4.69, 9.17) is 11.6 Å². The molecule has 0 radical (unpaired) electrons. The highest BCUT2D eigenvalue weighted by Gasteiger charge is 2.11. The number of carbonyl (C=O) groups is 1. The first-order valence-corrected chi connectivity index (χ1v) is 7.54. The summed E-state index contributed by atoms with van der Waals surface area (Å²) in [5.74, 6) is 0.0872. The second kappa shape index (κ2) is 6.17. The zero-order valence-electron chi connectivity index (χ0n) is 9.29. The molecule has 0 unspecified atom stereocenters. The first kappa shape index (κ1) is 14.0. The van der Waals surface area contributed by atoms with Crippen LogP contribution in [0.15, 0.2) is 46.9 Å². The van der Waals surface area contributed by atoms with Gasteiger partial charge in [-0.1, -0.05) is 39.7 Å². The number of benzene rings is 2. The van der Waals surface area contributed by atoms with Crippen LogP contribution in [0.3, 0.4) is 0 Å². The number of carbonyl (C=O) groups excluding carboxylic acids is 1. The largest absolute Gasteiger partial charge is 0.294 e. The van der Waals surface area contributed by atoms with E-state index in [0.29, 0.717) is 17.0 Å². The van der Waals surface area contributed by atoms with Crippen LogP contribution in [0.4, 0.5) is 0 Å². The van der Waals surface area contributed by atoms with Gasteiger partial charge in [-0.3, -0.25) is 4.79 Å². The minimum atomic E-state index is 0.0872. The first-order chi connectivity index (χ1) is 8.56. The molecule has 0 aliphatic rings. The molecule has 0 heterocycles. The Morgan fingerprint density at radius 3 is 2.50 bits per heavy atom. The third kappa shape index (κ3) is 3.56. The number of rotatable bonds is 3. The van der Waals surface area contributed by atoms with Crippen molar-refractivity contribution >= 4 is 55.9 Å². The van der Waals surface area contributed by atoms with Crippen molar-refractivity contribution in [2.75, 3.05) is 0 Å². The molecule has 4 heteroatoms. The molecule has 1 nitrogen and oxygen atoms in total. The maximum absolute atomic E-state index is 12.2. The lowest BCUT2D eigenvalue weighted by molar-refractivity contribution is 0.0992. The monoisotopic (exact) mass is 434 g/mol. The summed E-state index contributed by atoms with van der Waals surface area (Å²) in [7, 11) is 0. The van der Waals surface area contributed by atoms with Gasteiger partial charge in [0.25, 0.3) is 0 Å². The molecule has 92 valence electrons. The fraction of sp³-hybridized carbons (Fsp3) is 0.0714. The molecule has 0 fully saturated rings. The summed E-state index contributed by atoms with van der Waals surface area (Å²) in [5.41, 5.74) is 1.69. The molecule has 0 bridgehead atoms. The summed E-state index contributed by atoms with van der Waals surface area (Å²) in [6, 6.07) is 13.1. The molecule has 0 aliphatic heterocycles. The van der Waals surface area contributed by atoms with Gasteiger partial charge in [-0.2, -0.15) is 0 Å². The van der Waals surface area contributed by atoms with Crippen molar-refractivity contribution in [1.82, 2.24) is 0 Å². The maximum Gasteiger partial charge on any atom is 0.168 e. The highest BCUT2D eigenvalue weighted by molar-refractivity contribution is 14.1. The smallest absolute Gasteiger partial charge is 0.168 e.